The lowest BCUT2D eigenvalue weighted by Crippen LogP contribution is -2.13. The van der Waals surface area contributed by atoms with Crippen LogP contribution in [-0.4, -0.2) is 20.9 Å². The van der Waals surface area contributed by atoms with Crippen LogP contribution in [0.5, 0.6) is 0 Å². The zero-order valence-corrected chi connectivity index (χ0v) is 14.0. The van der Waals surface area contributed by atoms with Gasteiger partial charge < -0.3 is 5.73 Å². The van der Waals surface area contributed by atoms with Gasteiger partial charge in [0, 0.05) is 28.4 Å². The van der Waals surface area contributed by atoms with Gasteiger partial charge in [-0.3, -0.25) is 4.79 Å². The van der Waals surface area contributed by atoms with Crippen molar-refractivity contribution < 1.29 is 4.79 Å². The number of carbonyl (C=O) groups excluding carboxylic acids is 1. The molecule has 2 heterocycles. The Morgan fingerprint density at radius 3 is 2.76 bits per heavy atom. The Balaban J connectivity index is 1.76. The lowest BCUT2D eigenvalue weighted by Gasteiger charge is -1.99. The first-order valence-electron chi connectivity index (χ1n) is 7.74. The number of hydrogen-bond acceptors (Lipinski definition) is 5. The number of amides is 1. The van der Waals surface area contributed by atoms with E-state index in [1.165, 1.54) is 17.7 Å². The summed E-state index contributed by atoms with van der Waals surface area (Å²) in [6.07, 6.45) is 3.92. The number of benzene rings is 2. The molecule has 0 saturated carbocycles. The maximum Gasteiger partial charge on any atom is 0.268 e. The van der Waals surface area contributed by atoms with Crippen molar-refractivity contribution in [3.63, 3.8) is 0 Å². The van der Waals surface area contributed by atoms with Gasteiger partial charge in [0.1, 0.15) is 17.0 Å². The molecule has 6 heteroatoms. The maximum absolute atomic E-state index is 11.8. The van der Waals surface area contributed by atoms with Gasteiger partial charge in [-0.25, -0.2) is 15.0 Å². The molecule has 0 fully saturated rings. The predicted octanol–water partition coefficient (Wildman–Crippen LogP) is 3.44. The SMILES string of the molecule is NC(=O)c1nc(-c2ccc3ncncc3c2)sc1Cc1ccccc1. The van der Waals surface area contributed by atoms with Crippen LogP contribution in [0.15, 0.2) is 61.1 Å². The summed E-state index contributed by atoms with van der Waals surface area (Å²) in [6.45, 7) is 0. The van der Waals surface area contributed by atoms with Crippen LogP contribution in [0.25, 0.3) is 21.5 Å². The molecule has 25 heavy (non-hydrogen) atoms. The third kappa shape index (κ3) is 3.12. The highest BCUT2D eigenvalue weighted by Gasteiger charge is 2.17. The number of carbonyl (C=O) groups is 1. The minimum absolute atomic E-state index is 0.341. The summed E-state index contributed by atoms with van der Waals surface area (Å²) in [5, 5.41) is 1.70. The summed E-state index contributed by atoms with van der Waals surface area (Å²) in [4.78, 5) is 25.4. The van der Waals surface area contributed by atoms with Crippen molar-refractivity contribution in [3.8, 4) is 10.6 Å². The fraction of sp³-hybridized carbons (Fsp3) is 0.0526. The molecule has 4 rings (SSSR count). The molecule has 0 aliphatic heterocycles. The third-order valence-electron chi connectivity index (χ3n) is 3.89. The van der Waals surface area contributed by atoms with Crippen LogP contribution in [0.3, 0.4) is 0 Å². The highest BCUT2D eigenvalue weighted by Crippen LogP contribution is 2.31. The zero-order valence-electron chi connectivity index (χ0n) is 13.2. The molecule has 2 aromatic heterocycles. The standard InChI is InChI=1S/C19H14N4OS/c20-18(24)17-16(8-12-4-2-1-3-5-12)25-19(23-17)13-6-7-15-14(9-13)10-21-11-22-15/h1-7,9-11H,8H2,(H2,20,24). The summed E-state index contributed by atoms with van der Waals surface area (Å²) in [6, 6.07) is 15.8. The molecular formula is C19H14N4OS. The molecule has 4 aromatic rings. The number of aromatic nitrogens is 3. The summed E-state index contributed by atoms with van der Waals surface area (Å²) in [5.41, 5.74) is 8.79. The van der Waals surface area contributed by atoms with Crippen molar-refractivity contribution in [2.45, 2.75) is 6.42 Å². The Kier molecular flexibility index (Phi) is 3.95. The molecule has 0 unspecified atom stereocenters. The first kappa shape index (κ1) is 15.4. The Bertz CT molecular complexity index is 1060. The second-order valence-electron chi connectivity index (χ2n) is 5.61. The molecule has 0 saturated heterocycles. The van der Waals surface area contributed by atoms with Crippen LogP contribution >= 0.6 is 11.3 Å². The smallest absolute Gasteiger partial charge is 0.268 e. The molecule has 0 aliphatic carbocycles. The number of primary amides is 1. The van der Waals surface area contributed by atoms with E-state index in [2.05, 4.69) is 15.0 Å². The van der Waals surface area contributed by atoms with Crippen molar-refractivity contribution in [3.05, 3.63) is 77.2 Å². The number of thiazole rings is 1. The Morgan fingerprint density at radius 1 is 1.12 bits per heavy atom. The largest absolute Gasteiger partial charge is 0.364 e. The van der Waals surface area contributed by atoms with Crippen LogP contribution in [-0.2, 0) is 6.42 Å². The molecule has 1 amide bonds. The molecule has 122 valence electrons. The van der Waals surface area contributed by atoms with Crippen LogP contribution in [0, 0.1) is 0 Å². The first-order valence-corrected chi connectivity index (χ1v) is 8.56. The van der Waals surface area contributed by atoms with Gasteiger partial charge in [-0.2, -0.15) is 0 Å². The van der Waals surface area contributed by atoms with Crippen LogP contribution in [0.1, 0.15) is 20.9 Å². The Labute approximate surface area is 148 Å². The van der Waals surface area contributed by atoms with Crippen molar-refractivity contribution in [1.82, 2.24) is 15.0 Å². The van der Waals surface area contributed by atoms with Gasteiger partial charge in [-0.1, -0.05) is 30.3 Å². The van der Waals surface area contributed by atoms with Gasteiger partial charge in [0.15, 0.2) is 0 Å². The minimum atomic E-state index is -0.502. The van der Waals surface area contributed by atoms with Gasteiger partial charge in [-0.15, -0.1) is 11.3 Å². The van der Waals surface area contributed by atoms with E-state index in [-0.39, 0.29) is 0 Å². The highest BCUT2D eigenvalue weighted by molar-refractivity contribution is 7.15. The van der Waals surface area contributed by atoms with E-state index in [9.17, 15) is 4.79 Å². The lowest BCUT2D eigenvalue weighted by atomic mass is 10.1. The van der Waals surface area contributed by atoms with Gasteiger partial charge in [0.25, 0.3) is 5.91 Å². The summed E-state index contributed by atoms with van der Waals surface area (Å²) in [7, 11) is 0. The minimum Gasteiger partial charge on any atom is -0.364 e. The van der Waals surface area contributed by atoms with Crippen molar-refractivity contribution in [2.75, 3.05) is 0 Å². The van der Waals surface area contributed by atoms with Crippen LogP contribution in [0.4, 0.5) is 0 Å². The van der Waals surface area contributed by atoms with E-state index in [0.717, 1.165) is 31.9 Å². The normalized spacial score (nSPS) is 10.9. The lowest BCUT2D eigenvalue weighted by molar-refractivity contribution is 0.0995. The number of nitrogens with two attached hydrogens (primary N) is 1. The molecule has 0 bridgehead atoms. The highest BCUT2D eigenvalue weighted by atomic mass is 32.1. The van der Waals surface area contributed by atoms with E-state index in [1.54, 1.807) is 6.20 Å². The molecule has 0 radical (unpaired) electrons. The molecule has 0 aliphatic rings. The van der Waals surface area contributed by atoms with Gasteiger partial charge in [0.2, 0.25) is 0 Å². The van der Waals surface area contributed by atoms with E-state index in [4.69, 9.17) is 5.73 Å². The average molecular weight is 346 g/mol. The summed E-state index contributed by atoms with van der Waals surface area (Å²) in [5.74, 6) is -0.502. The van der Waals surface area contributed by atoms with E-state index in [1.807, 2.05) is 48.5 Å². The fourth-order valence-corrected chi connectivity index (χ4v) is 3.78. The van der Waals surface area contributed by atoms with Gasteiger partial charge in [0.05, 0.1) is 5.52 Å². The van der Waals surface area contributed by atoms with E-state index >= 15 is 0 Å². The first-order chi connectivity index (χ1) is 12.2. The maximum atomic E-state index is 11.8. The fourth-order valence-electron chi connectivity index (χ4n) is 2.69. The summed E-state index contributed by atoms with van der Waals surface area (Å²) < 4.78 is 0. The van der Waals surface area contributed by atoms with Crippen molar-refractivity contribution in [1.29, 1.82) is 0 Å². The monoisotopic (exact) mass is 346 g/mol. The average Bonchev–Trinajstić information content (AvgIpc) is 3.06. The number of hydrogen-bond donors (Lipinski definition) is 1. The number of fused-ring (bicyclic) bond motifs is 1. The predicted molar refractivity (Wildman–Crippen MR) is 98.4 cm³/mol. The molecule has 5 nitrogen and oxygen atoms in total. The number of rotatable bonds is 4. The molecule has 0 atom stereocenters. The molecule has 2 N–H and O–H groups in total. The number of nitrogens with zero attached hydrogens (tertiary/aromatic N) is 3. The second kappa shape index (κ2) is 6.41. The van der Waals surface area contributed by atoms with E-state index < -0.39 is 5.91 Å². The van der Waals surface area contributed by atoms with Crippen molar-refractivity contribution >= 4 is 28.1 Å². The molecule has 2 aromatic carbocycles. The summed E-state index contributed by atoms with van der Waals surface area (Å²) >= 11 is 1.49. The third-order valence-corrected chi connectivity index (χ3v) is 4.99. The van der Waals surface area contributed by atoms with Gasteiger partial charge in [-0.05, 0) is 23.8 Å². The second-order valence-corrected chi connectivity index (χ2v) is 6.70. The molecular weight excluding hydrogens is 332 g/mol. The zero-order chi connectivity index (χ0) is 17.2. The van der Waals surface area contributed by atoms with Crippen LogP contribution in [0.2, 0.25) is 0 Å². The van der Waals surface area contributed by atoms with Crippen LogP contribution < -0.4 is 5.73 Å². The van der Waals surface area contributed by atoms with E-state index in [0.29, 0.717) is 12.1 Å². The quantitative estimate of drug-likeness (QED) is 0.614. The van der Waals surface area contributed by atoms with Crippen molar-refractivity contribution in [2.24, 2.45) is 5.73 Å². The Hall–Kier alpha value is -3.12. The van der Waals surface area contributed by atoms with Gasteiger partial charge >= 0.3 is 0 Å². The molecule has 0 spiro atoms. The topological polar surface area (TPSA) is 81.8 Å². The Morgan fingerprint density at radius 2 is 1.96 bits per heavy atom.